The Morgan fingerprint density at radius 2 is 2.39 bits per heavy atom. The fourth-order valence-electron chi connectivity index (χ4n) is 1.90. The molecule has 0 atom stereocenters. The molecule has 0 saturated carbocycles. The highest BCUT2D eigenvalue weighted by atomic mass is 35.5. The number of methoxy groups -OCH3 is 1. The van der Waals surface area contributed by atoms with Crippen LogP contribution in [0.15, 0.2) is 18.3 Å². The molecule has 94 valence electrons. The van der Waals surface area contributed by atoms with Crippen LogP contribution in [0.4, 0.5) is 0 Å². The molecule has 0 radical (unpaired) electrons. The molecule has 2 aromatic rings. The number of carbonyl (C=O) groups is 1. The summed E-state index contributed by atoms with van der Waals surface area (Å²) in [5.74, 6) is 0.0265. The minimum atomic E-state index is -0.882. The van der Waals surface area contributed by atoms with E-state index < -0.39 is 5.41 Å². The molecule has 3 heterocycles. The van der Waals surface area contributed by atoms with Gasteiger partial charge < -0.3 is 9.47 Å². The Labute approximate surface area is 107 Å². The Hall–Kier alpha value is -1.66. The van der Waals surface area contributed by atoms with Crippen molar-refractivity contribution in [2.45, 2.75) is 5.41 Å². The van der Waals surface area contributed by atoms with Crippen molar-refractivity contribution in [3.8, 4) is 0 Å². The maximum absolute atomic E-state index is 11.8. The van der Waals surface area contributed by atoms with E-state index in [1.807, 2.05) is 0 Å². The van der Waals surface area contributed by atoms with E-state index in [4.69, 9.17) is 21.1 Å². The molecular weight excluding hydrogens is 258 g/mol. The third-order valence-corrected chi connectivity index (χ3v) is 3.24. The zero-order valence-corrected chi connectivity index (χ0v) is 10.3. The minimum absolute atomic E-state index is 0.240. The van der Waals surface area contributed by atoms with E-state index >= 15 is 0 Å². The van der Waals surface area contributed by atoms with Crippen LogP contribution in [0.25, 0.3) is 5.65 Å². The van der Waals surface area contributed by atoms with Crippen LogP contribution in [0.3, 0.4) is 0 Å². The highest BCUT2D eigenvalue weighted by Crippen LogP contribution is 2.31. The standard InChI is InChI=1S/C11H10ClN3O3/c1-17-10(16)11(5-18-6-11)9-13-8-4-7(12)2-3-15(8)14-9/h2-4H,5-6H2,1H3. The number of rotatable bonds is 2. The Morgan fingerprint density at radius 3 is 3.00 bits per heavy atom. The topological polar surface area (TPSA) is 65.7 Å². The number of ether oxygens (including phenoxy) is 2. The van der Waals surface area contributed by atoms with Crippen LogP contribution in [0.5, 0.6) is 0 Å². The molecule has 0 spiro atoms. The van der Waals surface area contributed by atoms with E-state index in [0.29, 0.717) is 16.5 Å². The number of aromatic nitrogens is 3. The lowest BCUT2D eigenvalue weighted by Crippen LogP contribution is -2.54. The van der Waals surface area contributed by atoms with Gasteiger partial charge in [-0.25, -0.2) is 9.50 Å². The van der Waals surface area contributed by atoms with E-state index in [1.54, 1.807) is 22.8 Å². The zero-order valence-electron chi connectivity index (χ0n) is 9.59. The van der Waals surface area contributed by atoms with E-state index in [0.717, 1.165) is 0 Å². The molecule has 6 nitrogen and oxygen atoms in total. The van der Waals surface area contributed by atoms with Gasteiger partial charge in [-0.15, -0.1) is 5.10 Å². The Bertz CT molecular complexity index is 621. The van der Waals surface area contributed by atoms with E-state index in [-0.39, 0.29) is 19.2 Å². The number of fused-ring (bicyclic) bond motifs is 1. The molecule has 7 heteroatoms. The van der Waals surface area contributed by atoms with Gasteiger partial charge in [0.25, 0.3) is 0 Å². The average molecular weight is 268 g/mol. The van der Waals surface area contributed by atoms with Crippen molar-refractivity contribution in [3.63, 3.8) is 0 Å². The van der Waals surface area contributed by atoms with Crippen molar-refractivity contribution in [3.05, 3.63) is 29.2 Å². The number of hydrogen-bond donors (Lipinski definition) is 0. The Balaban J connectivity index is 2.10. The van der Waals surface area contributed by atoms with Crippen molar-refractivity contribution in [2.75, 3.05) is 20.3 Å². The number of nitrogens with zero attached hydrogens (tertiary/aromatic N) is 3. The Morgan fingerprint density at radius 1 is 1.61 bits per heavy atom. The van der Waals surface area contributed by atoms with Crippen LogP contribution < -0.4 is 0 Å². The van der Waals surface area contributed by atoms with Gasteiger partial charge in [0.1, 0.15) is 0 Å². The summed E-state index contributed by atoms with van der Waals surface area (Å²) in [6.07, 6.45) is 1.69. The second-order valence-corrected chi connectivity index (χ2v) is 4.59. The van der Waals surface area contributed by atoms with Crippen LogP contribution in [-0.2, 0) is 19.7 Å². The lowest BCUT2D eigenvalue weighted by molar-refractivity contribution is -0.167. The smallest absolute Gasteiger partial charge is 0.324 e. The number of esters is 1. The van der Waals surface area contributed by atoms with Gasteiger partial charge in [0.2, 0.25) is 0 Å². The SMILES string of the molecule is COC(=O)C1(c2nc3cc(Cl)ccn3n2)COC1. The van der Waals surface area contributed by atoms with Crippen molar-refractivity contribution in [2.24, 2.45) is 0 Å². The second kappa shape index (κ2) is 3.93. The lowest BCUT2D eigenvalue weighted by atomic mass is 9.85. The molecule has 1 saturated heterocycles. The first-order valence-corrected chi connectivity index (χ1v) is 5.72. The van der Waals surface area contributed by atoms with Gasteiger partial charge in [-0.05, 0) is 6.07 Å². The molecule has 0 aromatic carbocycles. The summed E-state index contributed by atoms with van der Waals surface area (Å²) in [6.45, 7) is 0.481. The van der Waals surface area contributed by atoms with Gasteiger partial charge in [-0.2, -0.15) is 0 Å². The van der Waals surface area contributed by atoms with Gasteiger partial charge in [0, 0.05) is 17.3 Å². The van der Waals surface area contributed by atoms with Crippen LogP contribution in [-0.4, -0.2) is 40.9 Å². The third kappa shape index (κ3) is 1.49. The number of hydrogen-bond acceptors (Lipinski definition) is 5. The molecule has 0 unspecified atom stereocenters. The molecule has 0 amide bonds. The summed E-state index contributed by atoms with van der Waals surface area (Å²) >= 11 is 5.88. The van der Waals surface area contributed by atoms with Crippen molar-refractivity contribution in [1.82, 2.24) is 14.6 Å². The molecule has 1 aliphatic rings. The highest BCUT2D eigenvalue weighted by molar-refractivity contribution is 6.30. The van der Waals surface area contributed by atoms with Crippen molar-refractivity contribution in [1.29, 1.82) is 0 Å². The molecule has 3 rings (SSSR count). The quantitative estimate of drug-likeness (QED) is 0.754. The first kappa shape index (κ1) is 11.4. The molecule has 1 aliphatic heterocycles. The monoisotopic (exact) mass is 267 g/mol. The van der Waals surface area contributed by atoms with Crippen LogP contribution in [0.1, 0.15) is 5.82 Å². The summed E-state index contributed by atoms with van der Waals surface area (Å²) in [5.41, 5.74) is -0.291. The zero-order chi connectivity index (χ0) is 12.8. The number of carbonyl (C=O) groups excluding carboxylic acids is 1. The Kier molecular flexibility index (Phi) is 2.49. The summed E-state index contributed by atoms with van der Waals surface area (Å²) in [5, 5.41) is 4.85. The van der Waals surface area contributed by atoms with Crippen molar-refractivity contribution < 1.29 is 14.3 Å². The molecule has 0 aliphatic carbocycles. The van der Waals surface area contributed by atoms with E-state index in [9.17, 15) is 4.79 Å². The number of halogens is 1. The third-order valence-electron chi connectivity index (χ3n) is 3.00. The maximum atomic E-state index is 11.8. The summed E-state index contributed by atoms with van der Waals surface area (Å²) in [6, 6.07) is 3.39. The first-order chi connectivity index (χ1) is 8.65. The molecule has 18 heavy (non-hydrogen) atoms. The van der Waals surface area contributed by atoms with Crippen LogP contribution in [0, 0.1) is 0 Å². The normalized spacial score (nSPS) is 17.4. The fourth-order valence-corrected chi connectivity index (χ4v) is 2.05. The predicted molar refractivity (Wildman–Crippen MR) is 62.5 cm³/mol. The largest absolute Gasteiger partial charge is 0.468 e. The average Bonchev–Trinajstić information content (AvgIpc) is 2.70. The minimum Gasteiger partial charge on any atom is -0.468 e. The summed E-state index contributed by atoms with van der Waals surface area (Å²) in [4.78, 5) is 16.2. The second-order valence-electron chi connectivity index (χ2n) is 4.15. The van der Waals surface area contributed by atoms with Crippen LogP contribution in [0.2, 0.25) is 5.02 Å². The fraction of sp³-hybridized carbons (Fsp3) is 0.364. The molecule has 0 N–H and O–H groups in total. The van der Waals surface area contributed by atoms with Gasteiger partial charge in [0.15, 0.2) is 16.9 Å². The highest BCUT2D eigenvalue weighted by Gasteiger charge is 2.52. The molecule has 2 aromatic heterocycles. The van der Waals surface area contributed by atoms with E-state index in [2.05, 4.69) is 10.1 Å². The number of pyridine rings is 1. The predicted octanol–water partition coefficient (Wildman–Crippen LogP) is 0.824. The molecule has 1 fully saturated rings. The lowest BCUT2D eigenvalue weighted by Gasteiger charge is -2.35. The summed E-state index contributed by atoms with van der Waals surface area (Å²) in [7, 11) is 1.34. The molecular formula is C11H10ClN3O3. The first-order valence-electron chi connectivity index (χ1n) is 5.34. The van der Waals surface area contributed by atoms with Crippen LogP contribution >= 0.6 is 11.6 Å². The van der Waals surface area contributed by atoms with Crippen molar-refractivity contribution >= 4 is 23.2 Å². The van der Waals surface area contributed by atoms with Gasteiger partial charge in [-0.3, -0.25) is 4.79 Å². The molecule has 0 bridgehead atoms. The van der Waals surface area contributed by atoms with Gasteiger partial charge in [0.05, 0.1) is 20.3 Å². The van der Waals surface area contributed by atoms with Gasteiger partial charge >= 0.3 is 5.97 Å². The van der Waals surface area contributed by atoms with Gasteiger partial charge in [-0.1, -0.05) is 11.6 Å². The maximum Gasteiger partial charge on any atom is 0.324 e. The summed E-state index contributed by atoms with van der Waals surface area (Å²) < 4.78 is 11.5. The van der Waals surface area contributed by atoms with E-state index in [1.165, 1.54) is 7.11 Å².